The highest BCUT2D eigenvalue weighted by atomic mass is 16.5. The molecule has 3 heteroatoms. The number of carbonyl (C=O) groups excluding carboxylic acids is 1. The third kappa shape index (κ3) is 3.10. The quantitative estimate of drug-likeness (QED) is 0.918. The zero-order chi connectivity index (χ0) is 14.8. The van der Waals surface area contributed by atoms with Crippen LogP contribution in [-0.2, 0) is 9.53 Å². The lowest BCUT2D eigenvalue weighted by Gasteiger charge is -2.41. The molecule has 0 radical (unpaired) electrons. The van der Waals surface area contributed by atoms with Crippen LogP contribution in [0.2, 0.25) is 0 Å². The van der Waals surface area contributed by atoms with Gasteiger partial charge in [0.25, 0.3) is 0 Å². The Morgan fingerprint density at radius 2 is 2.00 bits per heavy atom. The fourth-order valence-corrected chi connectivity index (χ4v) is 2.76. The van der Waals surface area contributed by atoms with Crippen molar-refractivity contribution in [3.05, 3.63) is 35.9 Å². The minimum atomic E-state index is -0.519. The van der Waals surface area contributed by atoms with Gasteiger partial charge in [-0.15, -0.1) is 0 Å². The van der Waals surface area contributed by atoms with Crippen molar-refractivity contribution in [1.29, 1.82) is 0 Å². The van der Waals surface area contributed by atoms with Crippen molar-refractivity contribution in [2.45, 2.75) is 58.3 Å². The second kappa shape index (κ2) is 6.06. The van der Waals surface area contributed by atoms with Gasteiger partial charge in [-0.05, 0) is 18.4 Å². The molecule has 3 atom stereocenters. The van der Waals surface area contributed by atoms with Gasteiger partial charge in [0.1, 0.15) is 5.78 Å². The number of hydrogen-bond donors (Lipinski definition) is 1. The summed E-state index contributed by atoms with van der Waals surface area (Å²) in [7, 11) is 0. The maximum Gasteiger partial charge on any atom is 0.144 e. The summed E-state index contributed by atoms with van der Waals surface area (Å²) in [5.74, 6) is 0.214. The van der Waals surface area contributed by atoms with Gasteiger partial charge in [0.2, 0.25) is 0 Å². The average molecular weight is 276 g/mol. The lowest BCUT2D eigenvalue weighted by atomic mass is 9.74. The van der Waals surface area contributed by atoms with E-state index >= 15 is 0 Å². The second-order valence-electron chi connectivity index (χ2n) is 6.20. The molecule has 1 N–H and O–H groups in total. The first-order chi connectivity index (χ1) is 9.45. The van der Waals surface area contributed by atoms with E-state index in [4.69, 9.17) is 4.74 Å². The first kappa shape index (κ1) is 15.2. The SMILES string of the molecule is CC[C@@H](O)C[C@@H]1CC(=O)C(C)(C)[C@H](c2ccccc2)O1. The molecule has 1 aliphatic heterocycles. The van der Waals surface area contributed by atoms with E-state index in [0.717, 1.165) is 5.56 Å². The van der Waals surface area contributed by atoms with Crippen LogP contribution in [0.1, 0.15) is 51.7 Å². The maximum absolute atomic E-state index is 12.4. The molecule has 1 saturated heterocycles. The van der Waals surface area contributed by atoms with Crippen molar-refractivity contribution in [2.75, 3.05) is 0 Å². The number of aliphatic hydroxyl groups excluding tert-OH is 1. The molecule has 0 spiro atoms. The van der Waals surface area contributed by atoms with E-state index < -0.39 is 11.5 Å². The van der Waals surface area contributed by atoms with Gasteiger partial charge in [-0.2, -0.15) is 0 Å². The van der Waals surface area contributed by atoms with Gasteiger partial charge in [0, 0.05) is 6.42 Å². The van der Waals surface area contributed by atoms with Crippen LogP contribution in [0.5, 0.6) is 0 Å². The summed E-state index contributed by atoms with van der Waals surface area (Å²) in [6.45, 7) is 5.83. The number of ether oxygens (including phenoxy) is 1. The molecule has 0 saturated carbocycles. The number of rotatable bonds is 4. The number of aliphatic hydroxyl groups is 1. The molecular formula is C17H24O3. The average Bonchev–Trinajstić information content (AvgIpc) is 2.43. The van der Waals surface area contributed by atoms with Crippen LogP contribution < -0.4 is 0 Å². The Kier molecular flexibility index (Phi) is 4.61. The molecule has 2 rings (SSSR count). The summed E-state index contributed by atoms with van der Waals surface area (Å²) >= 11 is 0. The fraction of sp³-hybridized carbons (Fsp3) is 0.588. The van der Waals surface area contributed by atoms with Gasteiger partial charge in [-0.1, -0.05) is 51.1 Å². The molecule has 1 aromatic carbocycles. The minimum Gasteiger partial charge on any atom is -0.393 e. The summed E-state index contributed by atoms with van der Waals surface area (Å²) in [6.07, 6.45) is 0.794. The van der Waals surface area contributed by atoms with Crippen molar-refractivity contribution < 1.29 is 14.6 Å². The first-order valence-corrected chi connectivity index (χ1v) is 7.37. The molecule has 1 aliphatic rings. The van der Waals surface area contributed by atoms with Gasteiger partial charge >= 0.3 is 0 Å². The van der Waals surface area contributed by atoms with E-state index in [1.807, 2.05) is 51.1 Å². The Labute approximate surface area is 121 Å². The van der Waals surface area contributed by atoms with Crippen LogP contribution in [0.25, 0.3) is 0 Å². The highest BCUT2D eigenvalue weighted by molar-refractivity contribution is 5.86. The molecule has 1 heterocycles. The normalized spacial score (nSPS) is 27.3. The van der Waals surface area contributed by atoms with Crippen LogP contribution in [0, 0.1) is 5.41 Å². The number of ketones is 1. The number of hydrogen-bond acceptors (Lipinski definition) is 3. The van der Waals surface area contributed by atoms with E-state index in [1.165, 1.54) is 0 Å². The lowest BCUT2D eigenvalue weighted by molar-refractivity contribution is -0.163. The Balaban J connectivity index is 2.21. The molecule has 110 valence electrons. The molecule has 3 nitrogen and oxygen atoms in total. The van der Waals surface area contributed by atoms with Crippen LogP contribution in [0.3, 0.4) is 0 Å². The lowest BCUT2D eigenvalue weighted by Crippen LogP contribution is -2.43. The molecule has 0 unspecified atom stereocenters. The highest BCUT2D eigenvalue weighted by Gasteiger charge is 2.44. The van der Waals surface area contributed by atoms with Crippen molar-refractivity contribution >= 4 is 5.78 Å². The summed E-state index contributed by atoms with van der Waals surface area (Å²) in [6, 6.07) is 9.88. The zero-order valence-corrected chi connectivity index (χ0v) is 12.5. The largest absolute Gasteiger partial charge is 0.393 e. The van der Waals surface area contributed by atoms with Crippen molar-refractivity contribution in [3.63, 3.8) is 0 Å². The highest BCUT2D eigenvalue weighted by Crippen LogP contribution is 2.44. The summed E-state index contributed by atoms with van der Waals surface area (Å²) in [5.41, 5.74) is 0.510. The molecular weight excluding hydrogens is 252 g/mol. The molecule has 1 aromatic rings. The Hall–Kier alpha value is -1.19. The molecule has 0 aliphatic carbocycles. The predicted octanol–water partition coefficient (Wildman–Crippen LogP) is 3.27. The van der Waals surface area contributed by atoms with E-state index in [9.17, 15) is 9.90 Å². The molecule has 20 heavy (non-hydrogen) atoms. The number of carbonyl (C=O) groups is 1. The smallest absolute Gasteiger partial charge is 0.144 e. The molecule has 0 amide bonds. The van der Waals surface area contributed by atoms with Crippen molar-refractivity contribution in [1.82, 2.24) is 0 Å². The van der Waals surface area contributed by atoms with Gasteiger partial charge in [0.15, 0.2) is 0 Å². The van der Waals surface area contributed by atoms with Crippen LogP contribution in [0.4, 0.5) is 0 Å². The van der Waals surface area contributed by atoms with Crippen molar-refractivity contribution in [3.8, 4) is 0 Å². The Morgan fingerprint density at radius 3 is 2.60 bits per heavy atom. The third-order valence-corrected chi connectivity index (χ3v) is 4.22. The van der Waals surface area contributed by atoms with Gasteiger partial charge in [-0.25, -0.2) is 0 Å². The number of Topliss-reactive ketones (excluding diaryl/α,β-unsaturated/α-hetero) is 1. The zero-order valence-electron chi connectivity index (χ0n) is 12.5. The monoisotopic (exact) mass is 276 g/mol. The summed E-state index contributed by atoms with van der Waals surface area (Å²) < 4.78 is 6.15. The van der Waals surface area contributed by atoms with E-state index in [0.29, 0.717) is 19.3 Å². The van der Waals surface area contributed by atoms with E-state index in [-0.39, 0.29) is 18.0 Å². The standard InChI is InChI=1S/C17H24O3/c1-4-13(18)10-14-11-15(19)17(2,3)16(20-14)12-8-6-5-7-9-12/h5-9,13-14,16,18H,4,10-11H2,1-3H3/t13-,14-,16+/m1/s1. The van der Waals surface area contributed by atoms with Crippen molar-refractivity contribution in [2.24, 2.45) is 5.41 Å². The van der Waals surface area contributed by atoms with Gasteiger partial charge in [-0.3, -0.25) is 4.79 Å². The topological polar surface area (TPSA) is 46.5 Å². The predicted molar refractivity (Wildman–Crippen MR) is 78.4 cm³/mol. The van der Waals surface area contributed by atoms with Crippen LogP contribution in [-0.4, -0.2) is 23.1 Å². The van der Waals surface area contributed by atoms with Gasteiger partial charge < -0.3 is 9.84 Å². The fourth-order valence-electron chi connectivity index (χ4n) is 2.76. The van der Waals surface area contributed by atoms with Crippen LogP contribution in [0.15, 0.2) is 30.3 Å². The van der Waals surface area contributed by atoms with E-state index in [1.54, 1.807) is 0 Å². The second-order valence-corrected chi connectivity index (χ2v) is 6.20. The van der Waals surface area contributed by atoms with Gasteiger partial charge in [0.05, 0.1) is 23.7 Å². The summed E-state index contributed by atoms with van der Waals surface area (Å²) in [5, 5.41) is 9.79. The summed E-state index contributed by atoms with van der Waals surface area (Å²) in [4.78, 5) is 12.4. The first-order valence-electron chi connectivity index (χ1n) is 7.37. The van der Waals surface area contributed by atoms with Crippen LogP contribution >= 0.6 is 0 Å². The molecule has 0 aromatic heterocycles. The molecule has 1 fully saturated rings. The minimum absolute atomic E-state index is 0.185. The molecule has 0 bridgehead atoms. The maximum atomic E-state index is 12.4. The number of benzene rings is 1. The third-order valence-electron chi connectivity index (χ3n) is 4.22. The Morgan fingerprint density at radius 1 is 1.35 bits per heavy atom. The Bertz CT molecular complexity index is 453. The van der Waals surface area contributed by atoms with E-state index in [2.05, 4.69) is 0 Å².